The van der Waals surface area contributed by atoms with Crippen molar-refractivity contribution in [3.8, 4) is 5.75 Å². The number of ether oxygens (including phenoxy) is 1. The highest BCUT2D eigenvalue weighted by atomic mass is 35.5. The second-order valence-electron chi connectivity index (χ2n) is 4.46. The SMILES string of the molecule is CCc1nc(Cl)c(C)c(NCc2ccc(OC)cc2)n1. The Hall–Kier alpha value is -1.81. The van der Waals surface area contributed by atoms with Gasteiger partial charge in [0.05, 0.1) is 7.11 Å². The molecule has 0 amide bonds. The van der Waals surface area contributed by atoms with E-state index in [9.17, 15) is 0 Å². The lowest BCUT2D eigenvalue weighted by Gasteiger charge is -2.11. The molecule has 20 heavy (non-hydrogen) atoms. The molecule has 1 aromatic heterocycles. The van der Waals surface area contributed by atoms with E-state index in [1.54, 1.807) is 7.11 Å². The molecule has 2 rings (SSSR count). The number of rotatable bonds is 5. The molecule has 0 atom stereocenters. The molecule has 2 aromatic rings. The number of hydrogen-bond donors (Lipinski definition) is 1. The smallest absolute Gasteiger partial charge is 0.137 e. The molecule has 0 aliphatic carbocycles. The average molecular weight is 292 g/mol. The fourth-order valence-electron chi connectivity index (χ4n) is 1.79. The summed E-state index contributed by atoms with van der Waals surface area (Å²) in [5.41, 5.74) is 2.02. The first-order valence-corrected chi connectivity index (χ1v) is 6.91. The highest BCUT2D eigenvalue weighted by molar-refractivity contribution is 6.30. The van der Waals surface area contributed by atoms with Crippen LogP contribution in [-0.2, 0) is 13.0 Å². The molecule has 0 unspecified atom stereocenters. The number of methoxy groups -OCH3 is 1. The molecule has 1 aromatic carbocycles. The van der Waals surface area contributed by atoms with E-state index in [-0.39, 0.29) is 0 Å². The van der Waals surface area contributed by atoms with E-state index >= 15 is 0 Å². The van der Waals surface area contributed by atoms with Crippen molar-refractivity contribution in [3.63, 3.8) is 0 Å². The molecular formula is C15H18ClN3O. The van der Waals surface area contributed by atoms with Gasteiger partial charge >= 0.3 is 0 Å². The summed E-state index contributed by atoms with van der Waals surface area (Å²) in [7, 11) is 1.66. The average Bonchev–Trinajstić information content (AvgIpc) is 2.49. The zero-order chi connectivity index (χ0) is 14.5. The quantitative estimate of drug-likeness (QED) is 0.855. The van der Waals surface area contributed by atoms with Crippen LogP contribution in [0.15, 0.2) is 24.3 Å². The Morgan fingerprint density at radius 3 is 2.50 bits per heavy atom. The van der Waals surface area contributed by atoms with Crippen LogP contribution in [0.2, 0.25) is 5.15 Å². The van der Waals surface area contributed by atoms with Crippen molar-refractivity contribution in [2.75, 3.05) is 12.4 Å². The van der Waals surface area contributed by atoms with E-state index in [1.165, 1.54) is 0 Å². The third-order valence-electron chi connectivity index (χ3n) is 3.07. The molecule has 0 saturated heterocycles. The number of aryl methyl sites for hydroxylation is 1. The second-order valence-corrected chi connectivity index (χ2v) is 4.82. The van der Waals surface area contributed by atoms with Crippen molar-refractivity contribution in [3.05, 3.63) is 46.4 Å². The number of aromatic nitrogens is 2. The fraction of sp³-hybridized carbons (Fsp3) is 0.333. The zero-order valence-corrected chi connectivity index (χ0v) is 12.7. The molecule has 1 N–H and O–H groups in total. The van der Waals surface area contributed by atoms with E-state index in [0.29, 0.717) is 11.7 Å². The predicted octanol–water partition coefficient (Wildman–Crippen LogP) is 3.62. The van der Waals surface area contributed by atoms with Crippen molar-refractivity contribution in [1.29, 1.82) is 0 Å². The van der Waals surface area contributed by atoms with Crippen LogP contribution in [0, 0.1) is 6.92 Å². The van der Waals surface area contributed by atoms with Gasteiger partial charge in [0, 0.05) is 18.5 Å². The van der Waals surface area contributed by atoms with Gasteiger partial charge in [0.2, 0.25) is 0 Å². The highest BCUT2D eigenvalue weighted by Crippen LogP contribution is 2.21. The Balaban J connectivity index is 2.11. The number of benzene rings is 1. The van der Waals surface area contributed by atoms with Crippen LogP contribution < -0.4 is 10.1 Å². The lowest BCUT2D eigenvalue weighted by molar-refractivity contribution is 0.414. The summed E-state index contributed by atoms with van der Waals surface area (Å²) in [5.74, 6) is 2.39. The highest BCUT2D eigenvalue weighted by Gasteiger charge is 2.08. The van der Waals surface area contributed by atoms with Crippen molar-refractivity contribution in [2.45, 2.75) is 26.8 Å². The number of anilines is 1. The maximum Gasteiger partial charge on any atom is 0.137 e. The lowest BCUT2D eigenvalue weighted by Crippen LogP contribution is -2.07. The predicted molar refractivity (Wildman–Crippen MR) is 81.5 cm³/mol. The third-order valence-corrected chi connectivity index (χ3v) is 3.44. The van der Waals surface area contributed by atoms with Gasteiger partial charge in [-0.1, -0.05) is 30.7 Å². The van der Waals surface area contributed by atoms with Crippen molar-refractivity contribution < 1.29 is 4.74 Å². The maximum atomic E-state index is 6.11. The molecule has 0 aliphatic heterocycles. The zero-order valence-electron chi connectivity index (χ0n) is 11.9. The summed E-state index contributed by atoms with van der Waals surface area (Å²) in [4.78, 5) is 8.70. The number of halogens is 1. The van der Waals surface area contributed by atoms with Crippen LogP contribution in [0.1, 0.15) is 23.9 Å². The first kappa shape index (κ1) is 14.6. The number of hydrogen-bond acceptors (Lipinski definition) is 4. The molecule has 0 saturated carbocycles. The summed E-state index contributed by atoms with van der Waals surface area (Å²) in [6.07, 6.45) is 0.761. The summed E-state index contributed by atoms with van der Waals surface area (Å²) < 4.78 is 5.14. The van der Waals surface area contributed by atoms with Gasteiger partial charge in [-0.05, 0) is 24.6 Å². The van der Waals surface area contributed by atoms with Gasteiger partial charge in [0.25, 0.3) is 0 Å². The Labute approximate surface area is 124 Å². The first-order chi connectivity index (χ1) is 9.63. The van der Waals surface area contributed by atoms with Gasteiger partial charge in [-0.3, -0.25) is 0 Å². The van der Waals surface area contributed by atoms with Crippen LogP contribution in [0.5, 0.6) is 5.75 Å². The molecule has 0 spiro atoms. The van der Waals surface area contributed by atoms with Crippen LogP contribution in [0.4, 0.5) is 5.82 Å². The number of nitrogens with zero attached hydrogens (tertiary/aromatic N) is 2. The van der Waals surface area contributed by atoms with Gasteiger partial charge in [0.1, 0.15) is 22.5 Å². The minimum absolute atomic E-state index is 0.508. The lowest BCUT2D eigenvalue weighted by atomic mass is 10.2. The van der Waals surface area contributed by atoms with Gasteiger partial charge in [0.15, 0.2) is 0 Å². The second kappa shape index (κ2) is 6.57. The summed E-state index contributed by atoms with van der Waals surface area (Å²) in [6.45, 7) is 4.60. The molecule has 4 nitrogen and oxygen atoms in total. The van der Waals surface area contributed by atoms with Crippen LogP contribution in [0.3, 0.4) is 0 Å². The summed E-state index contributed by atoms with van der Waals surface area (Å²) in [5, 5.41) is 3.81. The van der Waals surface area contributed by atoms with E-state index in [4.69, 9.17) is 16.3 Å². The minimum atomic E-state index is 0.508. The Morgan fingerprint density at radius 1 is 1.20 bits per heavy atom. The van der Waals surface area contributed by atoms with Crippen molar-refractivity contribution >= 4 is 17.4 Å². The Kier molecular flexibility index (Phi) is 4.79. The van der Waals surface area contributed by atoms with E-state index in [1.807, 2.05) is 38.1 Å². The minimum Gasteiger partial charge on any atom is -0.497 e. The molecular weight excluding hydrogens is 274 g/mol. The largest absolute Gasteiger partial charge is 0.497 e. The van der Waals surface area contributed by atoms with Gasteiger partial charge < -0.3 is 10.1 Å². The molecule has 0 aliphatic rings. The standard InChI is InChI=1S/C15H18ClN3O/c1-4-13-18-14(16)10(2)15(19-13)17-9-11-5-7-12(20-3)8-6-11/h5-8H,4,9H2,1-3H3,(H,17,18,19). The van der Waals surface area contributed by atoms with Crippen molar-refractivity contribution in [1.82, 2.24) is 9.97 Å². The first-order valence-electron chi connectivity index (χ1n) is 6.53. The van der Waals surface area contributed by atoms with E-state index < -0.39 is 0 Å². The van der Waals surface area contributed by atoms with Gasteiger partial charge in [-0.25, -0.2) is 9.97 Å². The van der Waals surface area contributed by atoms with E-state index in [0.717, 1.165) is 34.9 Å². The molecule has 0 radical (unpaired) electrons. The molecule has 106 valence electrons. The normalized spacial score (nSPS) is 10.4. The maximum absolute atomic E-state index is 6.11. The molecule has 0 bridgehead atoms. The van der Waals surface area contributed by atoms with Crippen molar-refractivity contribution in [2.24, 2.45) is 0 Å². The van der Waals surface area contributed by atoms with E-state index in [2.05, 4.69) is 15.3 Å². The molecule has 5 heteroatoms. The van der Waals surface area contributed by atoms with Gasteiger partial charge in [-0.2, -0.15) is 0 Å². The third kappa shape index (κ3) is 3.39. The van der Waals surface area contributed by atoms with Gasteiger partial charge in [-0.15, -0.1) is 0 Å². The summed E-state index contributed by atoms with van der Waals surface area (Å²) >= 11 is 6.11. The fourth-order valence-corrected chi connectivity index (χ4v) is 1.98. The molecule has 1 heterocycles. The van der Waals surface area contributed by atoms with Crippen LogP contribution in [0.25, 0.3) is 0 Å². The monoisotopic (exact) mass is 291 g/mol. The Bertz CT molecular complexity index is 584. The molecule has 0 fully saturated rings. The topological polar surface area (TPSA) is 47.0 Å². The summed E-state index contributed by atoms with van der Waals surface area (Å²) in [6, 6.07) is 7.91. The number of nitrogens with one attached hydrogen (secondary N) is 1. The van der Waals surface area contributed by atoms with Crippen LogP contribution in [-0.4, -0.2) is 17.1 Å². The Morgan fingerprint density at radius 2 is 1.90 bits per heavy atom. The van der Waals surface area contributed by atoms with Crippen LogP contribution >= 0.6 is 11.6 Å².